The van der Waals surface area contributed by atoms with Crippen LogP contribution in [0.5, 0.6) is 23.0 Å². The first-order chi connectivity index (χ1) is 18.4. The molecule has 0 amide bonds. The Hall–Kier alpha value is -4.26. The van der Waals surface area contributed by atoms with E-state index in [1.54, 1.807) is 24.3 Å². The molecule has 0 fully saturated rings. The number of aromatic carboxylic acids is 1. The van der Waals surface area contributed by atoms with Crippen molar-refractivity contribution in [3.05, 3.63) is 90.0 Å². The molecule has 1 heterocycles. The number of carboxylic acids is 1. The van der Waals surface area contributed by atoms with Crippen LogP contribution in [0.4, 0.5) is 5.69 Å². The second-order valence-corrected chi connectivity index (χ2v) is 8.59. The highest BCUT2D eigenvalue weighted by molar-refractivity contribution is 7.80. The van der Waals surface area contributed by atoms with Gasteiger partial charge in [0, 0.05) is 6.42 Å². The fourth-order valence-corrected chi connectivity index (χ4v) is 4.16. The van der Waals surface area contributed by atoms with E-state index in [-0.39, 0.29) is 47.6 Å². The predicted molar refractivity (Wildman–Crippen MR) is 135 cm³/mol. The zero-order valence-electron chi connectivity index (χ0n) is 20.1. The van der Waals surface area contributed by atoms with Crippen LogP contribution in [0.15, 0.2) is 78.9 Å². The van der Waals surface area contributed by atoms with E-state index >= 15 is 0 Å². The molecule has 2 N–H and O–H groups in total. The van der Waals surface area contributed by atoms with Crippen LogP contribution < -0.4 is 18.5 Å². The fourth-order valence-electron chi connectivity index (χ4n) is 3.63. The number of aliphatic hydroxyl groups is 1. The molecule has 1 aliphatic rings. The molecule has 0 bridgehead atoms. The Labute approximate surface area is 220 Å². The number of carboxylic acid groups (broad SMARTS) is 1. The summed E-state index contributed by atoms with van der Waals surface area (Å²) >= 11 is -3.02. The van der Waals surface area contributed by atoms with Crippen molar-refractivity contribution >= 4 is 22.9 Å². The fraction of sp³-hybridized carbons (Fsp3) is 0.192. The van der Waals surface area contributed by atoms with Gasteiger partial charge in [-0.05, 0) is 29.8 Å². The number of methoxy groups -OCH3 is 1. The summed E-state index contributed by atoms with van der Waals surface area (Å²) in [6, 6.07) is 18.2. The summed E-state index contributed by atoms with van der Waals surface area (Å²) in [7, 11) is 1.43. The van der Waals surface area contributed by atoms with Gasteiger partial charge in [-0.2, -0.15) is 0 Å². The Morgan fingerprint density at radius 3 is 2.45 bits per heavy atom. The topological polar surface area (TPSA) is 147 Å². The van der Waals surface area contributed by atoms with Gasteiger partial charge in [-0.1, -0.05) is 42.5 Å². The predicted octanol–water partition coefficient (Wildman–Crippen LogP) is 3.57. The minimum absolute atomic E-state index is 0.129. The first-order valence-electron chi connectivity index (χ1n) is 11.3. The van der Waals surface area contributed by atoms with Crippen LogP contribution in [0.1, 0.15) is 15.9 Å². The number of carbonyl (C=O) groups is 1. The molecular weight excluding hydrogens is 518 g/mol. The quantitative estimate of drug-likeness (QED) is 0.326. The van der Waals surface area contributed by atoms with E-state index in [9.17, 15) is 23.8 Å². The number of anilines is 1. The number of aliphatic hydroxyl groups excluding tert-OH is 1. The lowest BCUT2D eigenvalue weighted by atomic mass is 10.1. The van der Waals surface area contributed by atoms with Gasteiger partial charge in [0.2, 0.25) is 12.2 Å². The maximum absolute atomic E-state index is 12.5. The van der Waals surface area contributed by atoms with Gasteiger partial charge in [0.05, 0.1) is 30.5 Å². The molecule has 0 saturated heterocycles. The van der Waals surface area contributed by atoms with Crippen molar-refractivity contribution in [2.24, 2.45) is 0 Å². The highest BCUT2D eigenvalue weighted by Crippen LogP contribution is 2.46. The molecule has 12 heteroatoms. The number of rotatable bonds is 12. The van der Waals surface area contributed by atoms with Crippen molar-refractivity contribution < 1.29 is 47.5 Å². The smallest absolute Gasteiger partial charge is 0.335 e. The van der Waals surface area contributed by atoms with E-state index < -0.39 is 23.5 Å². The molecule has 2 unspecified atom stereocenters. The van der Waals surface area contributed by atoms with Crippen LogP contribution >= 0.6 is 0 Å². The monoisotopic (exact) mass is 542 g/mol. The van der Waals surface area contributed by atoms with Gasteiger partial charge in [0.15, 0.2) is 23.0 Å². The van der Waals surface area contributed by atoms with Gasteiger partial charge >= 0.3 is 5.97 Å². The molecule has 2 atom stereocenters. The van der Waals surface area contributed by atoms with Crippen molar-refractivity contribution in [1.29, 1.82) is 0 Å². The second-order valence-electron chi connectivity index (χ2n) is 7.79. The Morgan fingerprint density at radius 1 is 1.08 bits per heavy atom. The third kappa shape index (κ3) is 6.17. The summed E-state index contributed by atoms with van der Waals surface area (Å²) in [6.45, 7) is -0.603. The number of para-hydroxylation sites is 2. The Bertz CT molecular complexity index is 1330. The molecule has 0 saturated carbocycles. The van der Waals surface area contributed by atoms with Crippen LogP contribution in [0.2, 0.25) is 0 Å². The normalized spacial score (nSPS) is 15.0. The van der Waals surface area contributed by atoms with Gasteiger partial charge in [-0.3, -0.25) is 4.21 Å². The largest absolute Gasteiger partial charge is 0.755 e. The van der Waals surface area contributed by atoms with E-state index in [2.05, 4.69) is 0 Å². The first kappa shape index (κ1) is 26.8. The zero-order chi connectivity index (χ0) is 27.1. The lowest BCUT2D eigenvalue weighted by Crippen LogP contribution is -2.27. The van der Waals surface area contributed by atoms with Crippen molar-refractivity contribution in [3.63, 3.8) is 0 Å². The molecule has 3 aromatic rings. The van der Waals surface area contributed by atoms with Crippen molar-refractivity contribution in [2.75, 3.05) is 24.6 Å². The summed E-state index contributed by atoms with van der Waals surface area (Å²) in [4.78, 5) is 11.9. The van der Waals surface area contributed by atoms with Crippen molar-refractivity contribution in [1.82, 2.24) is 0 Å². The maximum atomic E-state index is 12.5. The molecule has 3 aromatic carbocycles. The molecule has 0 radical (unpaired) electrons. The lowest BCUT2D eigenvalue weighted by Gasteiger charge is -2.29. The van der Waals surface area contributed by atoms with Gasteiger partial charge in [0.1, 0.15) is 18.6 Å². The first-order valence-corrected chi connectivity index (χ1v) is 12.4. The molecule has 200 valence electrons. The minimum Gasteiger partial charge on any atom is -0.755 e. The van der Waals surface area contributed by atoms with E-state index in [1.165, 1.54) is 7.11 Å². The van der Waals surface area contributed by atoms with Crippen molar-refractivity contribution in [2.45, 2.75) is 12.7 Å². The van der Waals surface area contributed by atoms with Crippen molar-refractivity contribution in [3.8, 4) is 23.0 Å². The van der Waals surface area contributed by atoms with E-state index in [1.807, 2.05) is 30.3 Å². The van der Waals surface area contributed by atoms with Crippen LogP contribution in [0.3, 0.4) is 0 Å². The summed E-state index contributed by atoms with van der Waals surface area (Å²) in [5.74, 6) is -1.33. The standard InChI is InChI=1S/C26H25NO10S/c1-33-20-9-5-6-10-21(20)36-25-19(14-18(26(29)30)15-22(25)34-12-11-28)27(38(31)32)23-16-35-24(37-23)13-17-7-3-2-4-8-17/h2-10,14-16,24,28H,11-13H2,1H3,(H,29,30)(H,31,32)/p-1. The van der Waals surface area contributed by atoms with Crippen LogP contribution in [0.25, 0.3) is 0 Å². The van der Waals surface area contributed by atoms with Gasteiger partial charge in [-0.15, -0.1) is 0 Å². The number of hydrogen-bond acceptors (Lipinski definition) is 9. The summed E-state index contributed by atoms with van der Waals surface area (Å²) < 4.78 is 54.0. The molecule has 38 heavy (non-hydrogen) atoms. The molecule has 0 spiro atoms. The Balaban J connectivity index is 1.77. The molecule has 11 nitrogen and oxygen atoms in total. The molecule has 1 aliphatic heterocycles. The molecule has 0 aromatic heterocycles. The third-order valence-electron chi connectivity index (χ3n) is 5.30. The summed E-state index contributed by atoms with van der Waals surface area (Å²) in [6.07, 6.45) is 0.618. The molecule has 0 aliphatic carbocycles. The molecular formula is C26H24NO10S-. The molecule has 4 rings (SSSR count). The van der Waals surface area contributed by atoms with E-state index in [0.717, 1.165) is 24.0 Å². The van der Waals surface area contributed by atoms with Crippen LogP contribution in [-0.2, 0) is 27.2 Å². The van der Waals surface area contributed by atoms with E-state index in [0.29, 0.717) is 16.5 Å². The zero-order valence-corrected chi connectivity index (χ0v) is 21.0. The number of hydrogen-bond donors (Lipinski definition) is 2. The van der Waals surface area contributed by atoms with Gasteiger partial charge in [0.25, 0.3) is 0 Å². The second kappa shape index (κ2) is 12.3. The lowest BCUT2D eigenvalue weighted by molar-refractivity contribution is -0.0298. The number of nitrogens with zero attached hydrogens (tertiary/aromatic N) is 1. The van der Waals surface area contributed by atoms with Gasteiger partial charge < -0.3 is 38.5 Å². The summed E-state index contributed by atoms with van der Waals surface area (Å²) in [5, 5.41) is 19.0. The highest BCUT2D eigenvalue weighted by Gasteiger charge is 2.31. The number of benzene rings is 3. The van der Waals surface area contributed by atoms with Crippen LogP contribution in [0, 0.1) is 0 Å². The Morgan fingerprint density at radius 2 is 1.79 bits per heavy atom. The Kier molecular flexibility index (Phi) is 8.69. The van der Waals surface area contributed by atoms with Crippen LogP contribution in [-0.4, -0.2) is 51.6 Å². The average Bonchev–Trinajstić information content (AvgIpc) is 3.36. The number of ether oxygens (including phenoxy) is 5. The minimum atomic E-state index is -3.02. The average molecular weight is 543 g/mol. The summed E-state index contributed by atoms with van der Waals surface area (Å²) in [5.41, 5.74) is 0.373. The highest BCUT2D eigenvalue weighted by atomic mass is 32.2. The third-order valence-corrected chi connectivity index (χ3v) is 5.97. The SMILES string of the molecule is COc1ccccc1Oc1c(OCCO)cc(C(=O)O)cc1N(C1=COC(Cc2ccccc2)O1)S(=O)[O-]. The maximum Gasteiger partial charge on any atom is 0.335 e. The van der Waals surface area contributed by atoms with Gasteiger partial charge in [-0.25, -0.2) is 9.10 Å². The van der Waals surface area contributed by atoms with E-state index in [4.69, 9.17) is 23.7 Å².